The van der Waals surface area contributed by atoms with E-state index in [1.54, 1.807) is 12.1 Å². The molecule has 0 spiro atoms. The van der Waals surface area contributed by atoms with Crippen LogP contribution in [-0.4, -0.2) is 25.4 Å². The van der Waals surface area contributed by atoms with Crippen molar-refractivity contribution < 1.29 is 13.2 Å². The monoisotopic (exact) mass is 565 g/mol. The van der Waals surface area contributed by atoms with Crippen LogP contribution in [0.3, 0.4) is 0 Å². The van der Waals surface area contributed by atoms with Crippen LogP contribution in [0.2, 0.25) is 10.0 Å². The predicted molar refractivity (Wildman–Crippen MR) is 156 cm³/mol. The fourth-order valence-electron chi connectivity index (χ4n) is 4.64. The number of hydrogen-bond acceptors (Lipinski definition) is 3. The zero-order chi connectivity index (χ0) is 27.0. The van der Waals surface area contributed by atoms with Gasteiger partial charge in [-0.1, -0.05) is 59.1 Å². The average Bonchev–Trinajstić information content (AvgIpc) is 3.20. The van der Waals surface area contributed by atoms with E-state index in [1.807, 2.05) is 43.3 Å². The molecule has 0 radical (unpaired) electrons. The van der Waals surface area contributed by atoms with Gasteiger partial charge in [0.05, 0.1) is 10.6 Å². The molecule has 0 saturated heterocycles. The molecule has 0 atom stereocenters. The summed E-state index contributed by atoms with van der Waals surface area (Å²) in [4.78, 5) is 13.3. The Hall–Kier alpha value is -3.52. The van der Waals surface area contributed by atoms with Crippen LogP contribution in [0, 0.1) is 6.92 Å². The number of halogens is 2. The first-order valence-electron chi connectivity index (χ1n) is 12.0. The molecule has 0 saturated carbocycles. The van der Waals surface area contributed by atoms with Crippen LogP contribution in [0.1, 0.15) is 12.5 Å². The quantitative estimate of drug-likeness (QED) is 0.225. The molecule has 0 aliphatic rings. The summed E-state index contributed by atoms with van der Waals surface area (Å²) < 4.78 is 30.6. The number of anilines is 2. The van der Waals surface area contributed by atoms with Crippen LogP contribution in [0.15, 0.2) is 89.8 Å². The third kappa shape index (κ3) is 4.97. The van der Waals surface area contributed by atoms with Crippen molar-refractivity contribution in [2.75, 3.05) is 16.2 Å². The highest BCUT2D eigenvalue weighted by Gasteiger charge is 2.28. The van der Waals surface area contributed by atoms with E-state index in [4.69, 9.17) is 23.2 Å². The molecule has 1 N–H and O–H groups in total. The Kier molecular flexibility index (Phi) is 7.09. The van der Waals surface area contributed by atoms with Gasteiger partial charge in [0.25, 0.3) is 10.0 Å². The van der Waals surface area contributed by atoms with Crippen LogP contribution in [0.25, 0.3) is 21.8 Å². The number of nitrogens with one attached hydrogen (secondary N) is 1. The van der Waals surface area contributed by atoms with Gasteiger partial charge in [-0.2, -0.15) is 0 Å². The molecule has 4 aromatic carbocycles. The highest BCUT2D eigenvalue weighted by Crippen LogP contribution is 2.32. The van der Waals surface area contributed by atoms with E-state index in [2.05, 4.69) is 22.9 Å². The van der Waals surface area contributed by atoms with Gasteiger partial charge in [0, 0.05) is 44.1 Å². The number of fused-ring (bicyclic) bond motifs is 3. The maximum atomic E-state index is 13.7. The van der Waals surface area contributed by atoms with Crippen molar-refractivity contribution in [3.05, 3.63) is 101 Å². The van der Waals surface area contributed by atoms with Crippen LogP contribution in [-0.2, 0) is 21.4 Å². The van der Waals surface area contributed by atoms with Gasteiger partial charge in [0.15, 0.2) is 0 Å². The van der Waals surface area contributed by atoms with Crippen molar-refractivity contribution in [1.82, 2.24) is 4.57 Å². The van der Waals surface area contributed by atoms with Gasteiger partial charge in [-0.05, 0) is 68.4 Å². The van der Waals surface area contributed by atoms with Gasteiger partial charge in [0.2, 0.25) is 5.91 Å². The van der Waals surface area contributed by atoms with Crippen LogP contribution in [0.5, 0.6) is 0 Å². The summed E-state index contributed by atoms with van der Waals surface area (Å²) in [5.74, 6) is -0.504. The van der Waals surface area contributed by atoms with Crippen LogP contribution < -0.4 is 9.62 Å². The number of sulfonamides is 1. The molecule has 1 aromatic heterocycles. The average molecular weight is 567 g/mol. The van der Waals surface area contributed by atoms with E-state index >= 15 is 0 Å². The van der Waals surface area contributed by atoms with E-state index in [9.17, 15) is 13.2 Å². The van der Waals surface area contributed by atoms with E-state index in [0.717, 1.165) is 38.2 Å². The molecule has 9 heteroatoms. The number of hydrogen-bond donors (Lipinski definition) is 1. The summed E-state index contributed by atoms with van der Waals surface area (Å²) in [6, 6.07) is 24.7. The summed E-state index contributed by atoms with van der Waals surface area (Å²) in [7, 11) is -4.10. The molecule has 194 valence electrons. The third-order valence-corrected chi connectivity index (χ3v) is 8.63. The van der Waals surface area contributed by atoms with E-state index in [0.29, 0.717) is 5.69 Å². The number of nitrogens with zero attached hydrogens (tertiary/aromatic N) is 2. The molecule has 38 heavy (non-hydrogen) atoms. The molecule has 0 unspecified atom stereocenters. The van der Waals surface area contributed by atoms with E-state index in [-0.39, 0.29) is 20.6 Å². The summed E-state index contributed by atoms with van der Waals surface area (Å²) in [6.45, 7) is 4.30. The number of carbonyl (C=O) groups excluding carboxylic acids is 1. The summed E-state index contributed by atoms with van der Waals surface area (Å²) in [5.41, 5.74) is 3.85. The number of rotatable bonds is 7. The Morgan fingerprint density at radius 3 is 2.21 bits per heavy atom. The Labute approximate surface area is 231 Å². The van der Waals surface area contributed by atoms with Gasteiger partial charge >= 0.3 is 0 Å². The lowest BCUT2D eigenvalue weighted by molar-refractivity contribution is -0.114. The van der Waals surface area contributed by atoms with Gasteiger partial charge in [0.1, 0.15) is 6.54 Å². The van der Waals surface area contributed by atoms with Crippen molar-refractivity contribution in [3.63, 3.8) is 0 Å². The minimum Gasteiger partial charge on any atom is -0.341 e. The number of carbonyl (C=O) groups is 1. The van der Waals surface area contributed by atoms with Gasteiger partial charge in [-0.3, -0.25) is 9.10 Å². The molecule has 6 nitrogen and oxygen atoms in total. The van der Waals surface area contributed by atoms with Crippen molar-refractivity contribution in [1.29, 1.82) is 0 Å². The van der Waals surface area contributed by atoms with E-state index < -0.39 is 22.5 Å². The molecule has 5 aromatic rings. The fourth-order valence-corrected chi connectivity index (χ4v) is 6.56. The number of aromatic nitrogens is 1. The molecule has 5 rings (SSSR count). The molecular weight excluding hydrogens is 541 g/mol. The number of para-hydroxylation sites is 1. The zero-order valence-electron chi connectivity index (χ0n) is 20.8. The molecular formula is C29H25Cl2N3O3S. The van der Waals surface area contributed by atoms with Gasteiger partial charge in [-0.15, -0.1) is 0 Å². The molecule has 0 bridgehead atoms. The largest absolute Gasteiger partial charge is 0.341 e. The van der Waals surface area contributed by atoms with Crippen molar-refractivity contribution in [2.24, 2.45) is 0 Å². The Bertz CT molecular complexity index is 1760. The molecule has 1 amide bonds. The first-order valence-corrected chi connectivity index (χ1v) is 14.2. The summed E-state index contributed by atoms with van der Waals surface area (Å²) in [6.07, 6.45) is 0. The summed E-state index contributed by atoms with van der Waals surface area (Å²) >= 11 is 12.4. The number of benzene rings is 4. The Balaban J connectivity index is 1.50. The van der Waals surface area contributed by atoms with Gasteiger partial charge in [-0.25, -0.2) is 8.42 Å². The first kappa shape index (κ1) is 26.1. The molecule has 0 aliphatic heterocycles. The highest BCUT2D eigenvalue weighted by molar-refractivity contribution is 7.92. The summed E-state index contributed by atoms with van der Waals surface area (Å²) in [5, 5.41) is 5.47. The Morgan fingerprint density at radius 1 is 0.868 bits per heavy atom. The van der Waals surface area contributed by atoms with Gasteiger partial charge < -0.3 is 9.88 Å². The predicted octanol–water partition coefficient (Wildman–Crippen LogP) is 7.26. The van der Waals surface area contributed by atoms with Crippen LogP contribution >= 0.6 is 23.2 Å². The van der Waals surface area contributed by atoms with E-state index in [1.165, 1.54) is 30.3 Å². The molecule has 0 aliphatic carbocycles. The smallest absolute Gasteiger partial charge is 0.264 e. The maximum Gasteiger partial charge on any atom is 0.264 e. The third-order valence-electron chi connectivity index (χ3n) is 6.40. The lowest BCUT2D eigenvalue weighted by Crippen LogP contribution is -2.38. The second-order valence-electron chi connectivity index (χ2n) is 8.99. The zero-order valence-corrected chi connectivity index (χ0v) is 23.1. The lowest BCUT2D eigenvalue weighted by Gasteiger charge is -2.24. The minimum atomic E-state index is -4.10. The van der Waals surface area contributed by atoms with Crippen molar-refractivity contribution in [3.8, 4) is 0 Å². The SMILES string of the molecule is CCn1c2ccccc2c2cc(NC(=O)CN(c3cc(Cl)cc(Cl)c3)S(=O)(=O)c3ccc(C)cc3)ccc21. The number of amides is 1. The number of aryl methyl sites for hydroxylation is 2. The standard InChI is InChI=1S/C29H25Cl2N3O3S/c1-3-33-27-7-5-4-6-25(27)26-17-22(10-13-28(26)33)32-29(35)18-34(23-15-20(30)14-21(31)16-23)38(36,37)24-11-8-19(2)9-12-24/h4-17H,3,18H2,1-2H3,(H,32,35). The lowest BCUT2D eigenvalue weighted by atomic mass is 10.1. The van der Waals surface area contributed by atoms with Crippen molar-refractivity contribution in [2.45, 2.75) is 25.3 Å². The highest BCUT2D eigenvalue weighted by atomic mass is 35.5. The molecule has 0 fully saturated rings. The van der Waals surface area contributed by atoms with Crippen molar-refractivity contribution >= 4 is 72.3 Å². The Morgan fingerprint density at radius 2 is 1.53 bits per heavy atom. The second kappa shape index (κ2) is 10.3. The van der Waals surface area contributed by atoms with Crippen LogP contribution in [0.4, 0.5) is 11.4 Å². The normalized spacial score (nSPS) is 11.7. The second-order valence-corrected chi connectivity index (χ2v) is 11.7. The topological polar surface area (TPSA) is 71.4 Å². The minimum absolute atomic E-state index is 0.0563. The maximum absolute atomic E-state index is 13.7. The first-order chi connectivity index (χ1) is 18.2. The molecule has 1 heterocycles. The fraction of sp³-hybridized carbons (Fsp3) is 0.138.